The van der Waals surface area contributed by atoms with Crippen molar-refractivity contribution in [2.24, 2.45) is 0 Å². The number of rotatable bonds is 8. The van der Waals surface area contributed by atoms with Crippen molar-refractivity contribution in [3.05, 3.63) is 29.3 Å². The minimum atomic E-state index is 0.230. The monoisotopic (exact) mass is 267 g/mol. The van der Waals surface area contributed by atoms with Gasteiger partial charge in [-0.3, -0.25) is 0 Å². The fraction of sp³-hybridized carbons (Fsp3) is 0.600. The van der Waals surface area contributed by atoms with Gasteiger partial charge >= 0.3 is 0 Å². The van der Waals surface area contributed by atoms with E-state index in [-0.39, 0.29) is 12.6 Å². The lowest BCUT2D eigenvalue weighted by Crippen LogP contribution is -2.33. The molecule has 2 N–H and O–H groups in total. The van der Waals surface area contributed by atoms with E-state index in [0.717, 1.165) is 25.1 Å². The highest BCUT2D eigenvalue weighted by Crippen LogP contribution is 2.24. The Morgan fingerprint density at radius 2 is 2.11 bits per heavy atom. The van der Waals surface area contributed by atoms with Crippen molar-refractivity contribution >= 4 is 11.8 Å². The van der Waals surface area contributed by atoms with E-state index in [4.69, 9.17) is 0 Å². The van der Waals surface area contributed by atoms with Crippen LogP contribution in [-0.2, 0) is 0 Å². The van der Waals surface area contributed by atoms with Crippen molar-refractivity contribution in [2.75, 3.05) is 18.9 Å². The molecular formula is C15H25NOS. The zero-order valence-corrected chi connectivity index (χ0v) is 12.5. The number of hydrogen-bond donors (Lipinski definition) is 2. The van der Waals surface area contributed by atoms with Crippen LogP contribution in [0.5, 0.6) is 0 Å². The smallest absolute Gasteiger partial charge is 0.0584 e. The van der Waals surface area contributed by atoms with E-state index in [1.54, 1.807) is 0 Å². The van der Waals surface area contributed by atoms with Crippen LogP contribution >= 0.6 is 11.8 Å². The van der Waals surface area contributed by atoms with Gasteiger partial charge in [-0.25, -0.2) is 0 Å². The predicted octanol–water partition coefficient (Wildman–Crippen LogP) is 3.15. The number of benzene rings is 1. The molecule has 0 aliphatic carbocycles. The van der Waals surface area contributed by atoms with Crippen molar-refractivity contribution in [3.8, 4) is 0 Å². The van der Waals surface area contributed by atoms with Crippen molar-refractivity contribution in [1.82, 2.24) is 5.32 Å². The number of nitrogens with one attached hydrogen (secondary N) is 1. The molecule has 1 rings (SSSR count). The molecular weight excluding hydrogens is 242 g/mol. The lowest BCUT2D eigenvalue weighted by molar-refractivity contribution is 0.240. The van der Waals surface area contributed by atoms with Gasteiger partial charge in [0.25, 0.3) is 0 Å². The van der Waals surface area contributed by atoms with Crippen LogP contribution in [0.1, 0.15) is 30.9 Å². The Balaban J connectivity index is 2.37. The van der Waals surface area contributed by atoms with Crippen LogP contribution < -0.4 is 5.32 Å². The second kappa shape index (κ2) is 8.57. The summed E-state index contributed by atoms with van der Waals surface area (Å²) < 4.78 is 0. The first-order valence-electron chi connectivity index (χ1n) is 6.71. The van der Waals surface area contributed by atoms with E-state index in [1.165, 1.54) is 16.0 Å². The van der Waals surface area contributed by atoms with Crippen LogP contribution in [0.25, 0.3) is 0 Å². The maximum Gasteiger partial charge on any atom is 0.0584 e. The Morgan fingerprint density at radius 1 is 1.33 bits per heavy atom. The minimum Gasteiger partial charge on any atom is -0.395 e. The Hall–Kier alpha value is -0.510. The van der Waals surface area contributed by atoms with Gasteiger partial charge in [0, 0.05) is 10.9 Å². The average Bonchev–Trinajstić information content (AvgIpc) is 2.37. The first-order chi connectivity index (χ1) is 8.67. The second-order valence-corrected chi connectivity index (χ2v) is 5.88. The third-order valence-electron chi connectivity index (χ3n) is 2.97. The Labute approximate surface area is 115 Å². The summed E-state index contributed by atoms with van der Waals surface area (Å²) >= 11 is 1.89. The van der Waals surface area contributed by atoms with Gasteiger partial charge in [0.05, 0.1) is 6.61 Å². The molecule has 0 saturated heterocycles. The van der Waals surface area contributed by atoms with Gasteiger partial charge in [0.15, 0.2) is 0 Å². The van der Waals surface area contributed by atoms with E-state index in [2.05, 4.69) is 44.3 Å². The Bertz CT molecular complexity index is 354. The molecule has 0 radical (unpaired) electrons. The molecule has 0 bridgehead atoms. The third-order valence-corrected chi connectivity index (χ3v) is 4.16. The summed E-state index contributed by atoms with van der Waals surface area (Å²) in [5.41, 5.74) is 2.65. The van der Waals surface area contributed by atoms with Gasteiger partial charge < -0.3 is 10.4 Å². The molecule has 0 aliphatic heterocycles. The molecule has 102 valence electrons. The van der Waals surface area contributed by atoms with Gasteiger partial charge in [-0.15, -0.1) is 11.8 Å². The molecule has 1 unspecified atom stereocenters. The van der Waals surface area contributed by atoms with Crippen molar-refractivity contribution < 1.29 is 5.11 Å². The van der Waals surface area contributed by atoms with E-state index in [9.17, 15) is 5.11 Å². The molecule has 3 heteroatoms. The molecule has 0 aliphatic rings. The van der Waals surface area contributed by atoms with Crippen LogP contribution in [0.2, 0.25) is 0 Å². The molecule has 0 saturated carbocycles. The van der Waals surface area contributed by atoms with Gasteiger partial charge in [-0.2, -0.15) is 0 Å². The molecule has 1 aromatic rings. The van der Waals surface area contributed by atoms with Crippen LogP contribution in [0, 0.1) is 13.8 Å². The zero-order valence-electron chi connectivity index (χ0n) is 11.7. The molecule has 0 heterocycles. The SMILES string of the molecule is CCCNC(CO)CCSc1cc(C)ccc1C. The van der Waals surface area contributed by atoms with E-state index in [0.29, 0.717) is 0 Å². The Morgan fingerprint density at radius 3 is 2.78 bits per heavy atom. The predicted molar refractivity (Wildman–Crippen MR) is 80.4 cm³/mol. The van der Waals surface area contributed by atoms with Gasteiger partial charge in [0.2, 0.25) is 0 Å². The fourth-order valence-electron chi connectivity index (χ4n) is 1.78. The summed E-state index contributed by atoms with van der Waals surface area (Å²) in [6.07, 6.45) is 2.12. The van der Waals surface area contributed by atoms with Gasteiger partial charge in [0.1, 0.15) is 0 Å². The average molecular weight is 267 g/mol. The fourth-order valence-corrected chi connectivity index (χ4v) is 2.97. The first kappa shape index (κ1) is 15.5. The number of hydrogen-bond acceptors (Lipinski definition) is 3. The summed E-state index contributed by atoms with van der Waals surface area (Å²) in [6.45, 7) is 7.64. The van der Waals surface area contributed by atoms with Crippen LogP contribution in [0.4, 0.5) is 0 Å². The normalized spacial score (nSPS) is 12.7. The van der Waals surface area contributed by atoms with Crippen LogP contribution in [0.15, 0.2) is 23.1 Å². The van der Waals surface area contributed by atoms with Gasteiger partial charge in [-0.1, -0.05) is 24.6 Å². The van der Waals surface area contributed by atoms with E-state index >= 15 is 0 Å². The van der Waals surface area contributed by atoms with Crippen LogP contribution in [-0.4, -0.2) is 30.1 Å². The molecule has 0 amide bonds. The summed E-state index contributed by atoms with van der Waals surface area (Å²) in [5.74, 6) is 1.05. The molecule has 0 aromatic heterocycles. The number of aryl methyl sites for hydroxylation is 2. The minimum absolute atomic E-state index is 0.230. The summed E-state index contributed by atoms with van der Waals surface area (Å²) in [4.78, 5) is 1.36. The van der Waals surface area contributed by atoms with Crippen molar-refractivity contribution in [1.29, 1.82) is 0 Å². The molecule has 1 aromatic carbocycles. The number of aliphatic hydroxyl groups excluding tert-OH is 1. The number of aliphatic hydroxyl groups is 1. The standard InChI is InChI=1S/C15H25NOS/c1-4-8-16-14(11-17)7-9-18-15-10-12(2)5-6-13(15)3/h5-6,10,14,16-17H,4,7-9,11H2,1-3H3. The highest BCUT2D eigenvalue weighted by atomic mass is 32.2. The third kappa shape index (κ3) is 5.42. The summed E-state index contributed by atoms with van der Waals surface area (Å²) in [7, 11) is 0. The second-order valence-electron chi connectivity index (χ2n) is 4.74. The quantitative estimate of drug-likeness (QED) is 0.710. The van der Waals surface area contributed by atoms with E-state index in [1.807, 2.05) is 11.8 Å². The maximum absolute atomic E-state index is 9.28. The molecule has 0 spiro atoms. The summed E-state index contributed by atoms with van der Waals surface area (Å²) in [6, 6.07) is 6.81. The van der Waals surface area contributed by atoms with Crippen molar-refractivity contribution in [2.45, 2.75) is 44.6 Å². The largest absolute Gasteiger partial charge is 0.395 e. The molecule has 18 heavy (non-hydrogen) atoms. The Kier molecular flexibility index (Phi) is 7.40. The van der Waals surface area contributed by atoms with Gasteiger partial charge in [-0.05, 0) is 50.6 Å². The highest BCUT2D eigenvalue weighted by molar-refractivity contribution is 7.99. The lowest BCUT2D eigenvalue weighted by atomic mass is 10.2. The summed E-state index contributed by atoms with van der Waals surface area (Å²) in [5, 5.41) is 12.6. The first-order valence-corrected chi connectivity index (χ1v) is 7.70. The lowest BCUT2D eigenvalue weighted by Gasteiger charge is -2.15. The topological polar surface area (TPSA) is 32.3 Å². The molecule has 1 atom stereocenters. The molecule has 0 fully saturated rings. The van der Waals surface area contributed by atoms with E-state index < -0.39 is 0 Å². The molecule has 2 nitrogen and oxygen atoms in total. The zero-order chi connectivity index (χ0) is 13.4. The van der Waals surface area contributed by atoms with Crippen molar-refractivity contribution in [3.63, 3.8) is 0 Å². The maximum atomic E-state index is 9.28. The van der Waals surface area contributed by atoms with Crippen LogP contribution in [0.3, 0.4) is 0 Å². The number of thioether (sulfide) groups is 1. The highest BCUT2D eigenvalue weighted by Gasteiger charge is 2.06.